The molecule has 0 aromatic heterocycles. The fraction of sp³-hybridized carbons (Fsp3) is 0.875. The minimum absolute atomic E-state index is 0.114. The van der Waals surface area contributed by atoms with Gasteiger partial charge in [0.25, 0.3) is 0 Å². The number of carbonyl (C=O) groups is 2. The van der Waals surface area contributed by atoms with E-state index < -0.39 is 0 Å². The second-order valence-corrected chi connectivity index (χ2v) is 6.91. The maximum absolute atomic E-state index is 12.3. The largest absolute Gasteiger partial charge is 0.333 e. The van der Waals surface area contributed by atoms with E-state index in [1.54, 1.807) is 9.80 Å². The van der Waals surface area contributed by atoms with Crippen molar-refractivity contribution in [2.24, 2.45) is 5.41 Å². The lowest BCUT2D eigenvalue weighted by Gasteiger charge is -2.40. The van der Waals surface area contributed by atoms with Gasteiger partial charge in [-0.25, -0.2) is 0 Å². The highest BCUT2D eigenvalue weighted by atomic mass is 32.1. The highest BCUT2D eigenvalue weighted by Crippen LogP contribution is 2.37. The minimum Gasteiger partial charge on any atom is -0.333 e. The summed E-state index contributed by atoms with van der Waals surface area (Å²) < 4.78 is 0. The summed E-state index contributed by atoms with van der Waals surface area (Å²) >= 11 is 4.57. The number of thiol groups is 1. The SMILES string of the molecule is CCCN1CCN(CC2(CS)CCCCCC2)C(=O)C1=O. The van der Waals surface area contributed by atoms with E-state index in [0.29, 0.717) is 26.2 Å². The Morgan fingerprint density at radius 2 is 1.57 bits per heavy atom. The van der Waals surface area contributed by atoms with Crippen molar-refractivity contribution < 1.29 is 9.59 Å². The van der Waals surface area contributed by atoms with Crippen LogP contribution in [0.2, 0.25) is 0 Å². The zero-order chi connectivity index (χ0) is 15.3. The zero-order valence-corrected chi connectivity index (χ0v) is 14.0. The highest BCUT2D eigenvalue weighted by molar-refractivity contribution is 7.80. The van der Waals surface area contributed by atoms with E-state index in [1.165, 1.54) is 25.7 Å². The molecule has 0 unspecified atom stereocenters. The first-order valence-corrected chi connectivity index (χ1v) is 8.94. The van der Waals surface area contributed by atoms with Crippen molar-refractivity contribution in [3.63, 3.8) is 0 Å². The van der Waals surface area contributed by atoms with E-state index >= 15 is 0 Å². The predicted molar refractivity (Wildman–Crippen MR) is 87.4 cm³/mol. The van der Waals surface area contributed by atoms with Gasteiger partial charge in [0.05, 0.1) is 0 Å². The maximum Gasteiger partial charge on any atom is 0.312 e. The molecule has 1 aliphatic heterocycles. The van der Waals surface area contributed by atoms with Crippen LogP contribution in [0.15, 0.2) is 0 Å². The van der Waals surface area contributed by atoms with Crippen molar-refractivity contribution in [2.45, 2.75) is 51.9 Å². The number of nitrogens with zero attached hydrogens (tertiary/aromatic N) is 2. The molecule has 2 amide bonds. The van der Waals surface area contributed by atoms with Crippen molar-refractivity contribution in [1.82, 2.24) is 9.80 Å². The lowest BCUT2D eigenvalue weighted by molar-refractivity contribution is -0.157. The van der Waals surface area contributed by atoms with Crippen molar-refractivity contribution in [2.75, 3.05) is 31.9 Å². The van der Waals surface area contributed by atoms with Crippen molar-refractivity contribution in [3.05, 3.63) is 0 Å². The molecule has 2 fully saturated rings. The lowest BCUT2D eigenvalue weighted by atomic mass is 9.81. The summed E-state index contributed by atoms with van der Waals surface area (Å²) in [6.45, 7) is 4.80. The molecule has 0 atom stereocenters. The van der Waals surface area contributed by atoms with Crippen LogP contribution >= 0.6 is 12.6 Å². The van der Waals surface area contributed by atoms with Crippen LogP contribution in [-0.4, -0.2) is 53.5 Å². The summed E-state index contributed by atoms with van der Waals surface area (Å²) in [4.78, 5) is 28.0. The second-order valence-electron chi connectivity index (χ2n) is 6.59. The topological polar surface area (TPSA) is 40.6 Å². The molecule has 1 saturated carbocycles. The van der Waals surface area contributed by atoms with Crippen molar-refractivity contribution in [3.8, 4) is 0 Å². The zero-order valence-electron chi connectivity index (χ0n) is 13.1. The summed E-state index contributed by atoms with van der Waals surface area (Å²) in [5, 5.41) is 0. The third-order valence-corrected chi connectivity index (χ3v) is 5.59. The quantitative estimate of drug-likeness (QED) is 0.481. The molecule has 1 aliphatic carbocycles. The number of amides is 2. The van der Waals surface area contributed by atoms with Gasteiger partial charge in [0.2, 0.25) is 0 Å². The van der Waals surface area contributed by atoms with E-state index in [0.717, 1.165) is 25.0 Å². The van der Waals surface area contributed by atoms with Crippen LogP contribution in [0.5, 0.6) is 0 Å². The lowest BCUT2D eigenvalue weighted by Crippen LogP contribution is -2.56. The first-order chi connectivity index (χ1) is 10.1. The average molecular weight is 312 g/mol. The van der Waals surface area contributed by atoms with Crippen LogP contribution < -0.4 is 0 Å². The van der Waals surface area contributed by atoms with Crippen LogP contribution in [0.25, 0.3) is 0 Å². The smallest absolute Gasteiger partial charge is 0.312 e. The normalized spacial score (nSPS) is 23.3. The Morgan fingerprint density at radius 3 is 2.14 bits per heavy atom. The monoisotopic (exact) mass is 312 g/mol. The van der Waals surface area contributed by atoms with Gasteiger partial charge in [-0.1, -0.05) is 32.6 Å². The van der Waals surface area contributed by atoms with E-state index in [9.17, 15) is 9.59 Å². The first kappa shape index (κ1) is 16.7. The summed E-state index contributed by atoms with van der Waals surface area (Å²) in [7, 11) is 0. The van der Waals surface area contributed by atoms with Crippen LogP contribution in [0.3, 0.4) is 0 Å². The third-order valence-electron chi connectivity index (χ3n) is 4.92. The molecule has 1 saturated heterocycles. The molecule has 5 heteroatoms. The molecule has 0 spiro atoms. The van der Waals surface area contributed by atoms with Crippen LogP contribution in [-0.2, 0) is 9.59 Å². The van der Waals surface area contributed by atoms with Gasteiger partial charge < -0.3 is 9.80 Å². The Labute approximate surface area is 133 Å². The van der Waals surface area contributed by atoms with Crippen molar-refractivity contribution >= 4 is 24.4 Å². The van der Waals surface area contributed by atoms with Crippen LogP contribution in [0, 0.1) is 5.41 Å². The van der Waals surface area contributed by atoms with Crippen molar-refractivity contribution in [1.29, 1.82) is 0 Å². The molecule has 0 bridgehead atoms. The molecule has 21 heavy (non-hydrogen) atoms. The van der Waals surface area contributed by atoms with Crippen LogP contribution in [0.1, 0.15) is 51.9 Å². The fourth-order valence-electron chi connectivity index (χ4n) is 3.60. The Bertz CT molecular complexity index is 378. The van der Waals surface area contributed by atoms with Crippen LogP contribution in [0.4, 0.5) is 0 Å². The summed E-state index contributed by atoms with van der Waals surface area (Å²) in [5.41, 5.74) is 0.114. The summed E-state index contributed by atoms with van der Waals surface area (Å²) in [5.74, 6) is 0.190. The summed E-state index contributed by atoms with van der Waals surface area (Å²) in [6.07, 6.45) is 8.18. The minimum atomic E-state index is -0.314. The Kier molecular flexibility index (Phi) is 5.97. The van der Waals surface area contributed by atoms with Gasteiger partial charge in [-0.15, -0.1) is 0 Å². The second kappa shape index (κ2) is 7.52. The Morgan fingerprint density at radius 1 is 1.00 bits per heavy atom. The van der Waals surface area contributed by atoms with E-state index in [1.807, 2.05) is 6.92 Å². The first-order valence-electron chi connectivity index (χ1n) is 8.31. The van der Waals surface area contributed by atoms with Gasteiger partial charge in [-0.2, -0.15) is 12.6 Å². The molecule has 0 N–H and O–H groups in total. The molecule has 2 aliphatic rings. The van der Waals surface area contributed by atoms with Gasteiger partial charge in [0, 0.05) is 26.2 Å². The Hall–Kier alpha value is -0.710. The van der Waals surface area contributed by atoms with E-state index in [-0.39, 0.29) is 17.2 Å². The highest BCUT2D eigenvalue weighted by Gasteiger charge is 2.38. The molecular formula is C16H28N2O2S. The molecule has 0 radical (unpaired) electrons. The Balaban J connectivity index is 2.01. The molecule has 120 valence electrons. The molecule has 4 nitrogen and oxygen atoms in total. The molecule has 1 heterocycles. The average Bonchev–Trinajstić information content (AvgIpc) is 2.73. The van der Waals surface area contributed by atoms with E-state index in [4.69, 9.17) is 0 Å². The standard InChI is InChI=1S/C16H28N2O2S/c1-2-9-17-10-11-18(15(20)14(17)19)12-16(13-21)7-5-3-4-6-8-16/h21H,2-13H2,1H3. The molecule has 0 aromatic rings. The maximum atomic E-state index is 12.3. The molecule has 2 rings (SSSR count). The number of hydrogen-bond acceptors (Lipinski definition) is 3. The number of hydrogen-bond donors (Lipinski definition) is 1. The third kappa shape index (κ3) is 3.93. The van der Waals surface area contributed by atoms with E-state index in [2.05, 4.69) is 12.6 Å². The van der Waals surface area contributed by atoms with Gasteiger partial charge in [-0.3, -0.25) is 9.59 Å². The number of piperazine rings is 1. The summed E-state index contributed by atoms with van der Waals surface area (Å²) in [6, 6.07) is 0. The molecule has 0 aromatic carbocycles. The number of rotatable bonds is 5. The number of carbonyl (C=O) groups excluding carboxylic acids is 2. The van der Waals surface area contributed by atoms with Gasteiger partial charge >= 0.3 is 11.8 Å². The predicted octanol–water partition coefficient (Wildman–Crippen LogP) is 2.34. The van der Waals surface area contributed by atoms with Gasteiger partial charge in [-0.05, 0) is 30.4 Å². The van der Waals surface area contributed by atoms with Gasteiger partial charge in [0.15, 0.2) is 0 Å². The molecular weight excluding hydrogens is 284 g/mol. The van der Waals surface area contributed by atoms with Gasteiger partial charge in [0.1, 0.15) is 0 Å². The fourth-order valence-corrected chi connectivity index (χ4v) is 4.02.